The third-order valence-corrected chi connectivity index (χ3v) is 3.20. The molecule has 106 valence electrons. The van der Waals surface area contributed by atoms with Crippen molar-refractivity contribution in [3.8, 4) is 0 Å². The van der Waals surface area contributed by atoms with E-state index < -0.39 is 5.41 Å². The summed E-state index contributed by atoms with van der Waals surface area (Å²) in [6.45, 7) is 7.25. The average Bonchev–Trinajstić information content (AvgIpc) is 2.72. The lowest BCUT2D eigenvalue weighted by Crippen LogP contribution is -2.21. The second-order valence-electron chi connectivity index (χ2n) is 5.95. The molecule has 0 saturated carbocycles. The van der Waals surface area contributed by atoms with Gasteiger partial charge in [-0.3, -0.25) is 0 Å². The van der Waals surface area contributed by atoms with E-state index in [2.05, 4.69) is 5.16 Å². The molecule has 0 fully saturated rings. The number of nitrogens with zero attached hydrogens (tertiary/aromatic N) is 2. The van der Waals surface area contributed by atoms with Crippen LogP contribution in [0.25, 0.3) is 10.9 Å². The fourth-order valence-corrected chi connectivity index (χ4v) is 1.93. The van der Waals surface area contributed by atoms with Crippen LogP contribution in [-0.4, -0.2) is 16.2 Å². The Bertz CT molecular complexity index is 675. The number of hydrogen-bond donors (Lipinski definition) is 0. The van der Waals surface area contributed by atoms with Gasteiger partial charge in [0.05, 0.1) is 11.1 Å². The van der Waals surface area contributed by atoms with Gasteiger partial charge in [-0.05, 0) is 39.8 Å². The number of benzene rings is 1. The number of para-hydroxylation sites is 1. The van der Waals surface area contributed by atoms with Crippen LogP contribution < -0.4 is 0 Å². The molecule has 1 heterocycles. The molecule has 0 unspecified atom stereocenters. The lowest BCUT2D eigenvalue weighted by molar-refractivity contribution is -0.152. The smallest absolute Gasteiger partial charge is 0.340 e. The SMILES string of the molecule is CC(=NOC(=O)C(C)(C)C)c1cc2ccccc2n1C. The van der Waals surface area contributed by atoms with Crippen LogP contribution in [0.5, 0.6) is 0 Å². The van der Waals surface area contributed by atoms with Gasteiger partial charge in [0.25, 0.3) is 0 Å². The molecular weight excluding hydrogens is 252 g/mol. The zero-order valence-electron chi connectivity index (χ0n) is 12.6. The van der Waals surface area contributed by atoms with Gasteiger partial charge in [0.15, 0.2) is 0 Å². The molecular formula is C16H20N2O2. The highest BCUT2D eigenvalue weighted by molar-refractivity contribution is 6.02. The van der Waals surface area contributed by atoms with Crippen molar-refractivity contribution in [2.45, 2.75) is 27.7 Å². The molecule has 20 heavy (non-hydrogen) atoms. The first kappa shape index (κ1) is 14.3. The summed E-state index contributed by atoms with van der Waals surface area (Å²) in [4.78, 5) is 16.7. The molecule has 0 spiro atoms. The van der Waals surface area contributed by atoms with Crippen LogP contribution in [-0.2, 0) is 16.7 Å². The highest BCUT2D eigenvalue weighted by Gasteiger charge is 2.23. The summed E-state index contributed by atoms with van der Waals surface area (Å²) < 4.78 is 2.04. The van der Waals surface area contributed by atoms with Crippen LogP contribution >= 0.6 is 0 Å². The first-order chi connectivity index (χ1) is 9.30. The summed E-state index contributed by atoms with van der Waals surface area (Å²) in [5, 5.41) is 5.10. The first-order valence-corrected chi connectivity index (χ1v) is 6.61. The third kappa shape index (κ3) is 2.74. The molecule has 4 nitrogen and oxygen atoms in total. The van der Waals surface area contributed by atoms with Crippen molar-refractivity contribution in [3.05, 3.63) is 36.0 Å². The Balaban J connectivity index is 2.30. The number of hydrogen-bond acceptors (Lipinski definition) is 3. The maximum Gasteiger partial charge on any atom is 0.340 e. The first-order valence-electron chi connectivity index (χ1n) is 6.61. The summed E-state index contributed by atoms with van der Waals surface area (Å²) in [6, 6.07) is 10.1. The molecule has 0 bridgehead atoms. The topological polar surface area (TPSA) is 43.6 Å². The van der Waals surface area contributed by atoms with Crippen LogP contribution in [0.15, 0.2) is 35.5 Å². The third-order valence-electron chi connectivity index (χ3n) is 3.20. The van der Waals surface area contributed by atoms with Gasteiger partial charge in [-0.15, -0.1) is 0 Å². The van der Waals surface area contributed by atoms with Crippen molar-refractivity contribution < 1.29 is 9.63 Å². The Kier molecular flexibility index (Phi) is 3.66. The molecule has 1 aromatic heterocycles. The predicted octanol–water partition coefficient (Wildman–Crippen LogP) is 3.49. The van der Waals surface area contributed by atoms with E-state index in [9.17, 15) is 4.79 Å². The van der Waals surface area contributed by atoms with Gasteiger partial charge in [0, 0.05) is 18.0 Å². The minimum absolute atomic E-state index is 0.337. The van der Waals surface area contributed by atoms with Crippen molar-refractivity contribution in [1.29, 1.82) is 0 Å². The molecule has 0 saturated heterocycles. The number of aryl methyl sites for hydroxylation is 1. The molecule has 4 heteroatoms. The Hall–Kier alpha value is -2.10. The molecule has 2 rings (SSSR count). The molecule has 0 radical (unpaired) electrons. The van der Waals surface area contributed by atoms with Crippen molar-refractivity contribution >= 4 is 22.6 Å². The maximum atomic E-state index is 11.7. The van der Waals surface area contributed by atoms with Crippen LogP contribution in [0.4, 0.5) is 0 Å². The second kappa shape index (κ2) is 5.12. The van der Waals surface area contributed by atoms with Crippen molar-refractivity contribution in [3.63, 3.8) is 0 Å². The molecule has 0 atom stereocenters. The van der Waals surface area contributed by atoms with E-state index in [-0.39, 0.29) is 5.97 Å². The van der Waals surface area contributed by atoms with Gasteiger partial charge in [-0.25, -0.2) is 4.79 Å². The quantitative estimate of drug-likeness (QED) is 0.477. The van der Waals surface area contributed by atoms with E-state index in [1.165, 1.54) is 0 Å². The number of aromatic nitrogens is 1. The largest absolute Gasteiger partial charge is 0.343 e. The minimum Gasteiger partial charge on any atom is -0.343 e. The summed E-state index contributed by atoms with van der Waals surface area (Å²) >= 11 is 0. The highest BCUT2D eigenvalue weighted by atomic mass is 16.7. The Morgan fingerprint density at radius 1 is 1.25 bits per heavy atom. The fourth-order valence-electron chi connectivity index (χ4n) is 1.93. The predicted molar refractivity (Wildman–Crippen MR) is 80.7 cm³/mol. The normalized spacial score (nSPS) is 12.8. The molecule has 2 aromatic rings. The number of fused-ring (bicyclic) bond motifs is 1. The van der Waals surface area contributed by atoms with Crippen LogP contribution in [0.3, 0.4) is 0 Å². The van der Waals surface area contributed by atoms with Gasteiger partial charge < -0.3 is 9.40 Å². The zero-order valence-corrected chi connectivity index (χ0v) is 12.6. The molecule has 0 N–H and O–H groups in total. The van der Waals surface area contributed by atoms with E-state index in [0.717, 1.165) is 16.6 Å². The van der Waals surface area contributed by atoms with E-state index in [1.807, 2.05) is 48.9 Å². The monoisotopic (exact) mass is 272 g/mol. The fraction of sp³-hybridized carbons (Fsp3) is 0.375. The van der Waals surface area contributed by atoms with Gasteiger partial charge in [0.2, 0.25) is 0 Å². The number of carbonyl (C=O) groups excluding carboxylic acids is 1. The number of rotatable bonds is 2. The van der Waals surface area contributed by atoms with Crippen molar-refractivity contribution in [1.82, 2.24) is 4.57 Å². The Labute approximate surface area is 119 Å². The molecule has 0 aliphatic rings. The van der Waals surface area contributed by atoms with E-state index in [1.54, 1.807) is 20.8 Å². The van der Waals surface area contributed by atoms with Crippen molar-refractivity contribution in [2.75, 3.05) is 0 Å². The van der Waals surface area contributed by atoms with Crippen LogP contribution in [0.1, 0.15) is 33.4 Å². The second-order valence-corrected chi connectivity index (χ2v) is 5.95. The van der Waals surface area contributed by atoms with Gasteiger partial charge in [-0.1, -0.05) is 23.4 Å². The standard InChI is InChI=1S/C16H20N2O2/c1-11(17-20-15(19)16(2,3)4)14-10-12-8-6-7-9-13(12)18(14)5/h6-10H,1-5H3. The van der Waals surface area contributed by atoms with Crippen LogP contribution in [0, 0.1) is 5.41 Å². The van der Waals surface area contributed by atoms with E-state index >= 15 is 0 Å². The molecule has 0 amide bonds. The zero-order chi connectivity index (χ0) is 14.9. The van der Waals surface area contributed by atoms with Gasteiger partial charge in [0.1, 0.15) is 5.71 Å². The average molecular weight is 272 g/mol. The molecule has 1 aromatic carbocycles. The van der Waals surface area contributed by atoms with E-state index in [4.69, 9.17) is 4.84 Å². The van der Waals surface area contributed by atoms with Gasteiger partial charge >= 0.3 is 5.97 Å². The Morgan fingerprint density at radius 2 is 1.90 bits per heavy atom. The maximum absolute atomic E-state index is 11.7. The van der Waals surface area contributed by atoms with Crippen LogP contribution in [0.2, 0.25) is 0 Å². The summed E-state index contributed by atoms with van der Waals surface area (Å²) in [5.74, 6) is -0.337. The number of oxime groups is 1. The number of carbonyl (C=O) groups is 1. The van der Waals surface area contributed by atoms with Crippen molar-refractivity contribution in [2.24, 2.45) is 17.6 Å². The highest BCUT2D eigenvalue weighted by Crippen LogP contribution is 2.20. The molecule has 0 aliphatic heterocycles. The van der Waals surface area contributed by atoms with Gasteiger partial charge in [-0.2, -0.15) is 0 Å². The van der Waals surface area contributed by atoms with E-state index in [0.29, 0.717) is 5.71 Å². The Morgan fingerprint density at radius 3 is 2.50 bits per heavy atom. The lowest BCUT2D eigenvalue weighted by Gasteiger charge is -2.13. The minimum atomic E-state index is -0.553. The summed E-state index contributed by atoms with van der Waals surface area (Å²) in [7, 11) is 1.97. The lowest BCUT2D eigenvalue weighted by atomic mass is 9.98. The molecule has 0 aliphatic carbocycles. The summed E-state index contributed by atoms with van der Waals surface area (Å²) in [6.07, 6.45) is 0. The summed E-state index contributed by atoms with van der Waals surface area (Å²) in [5.41, 5.74) is 2.19.